The zero-order valence-corrected chi connectivity index (χ0v) is 10.1. The molecule has 2 rings (SSSR count). The van der Waals surface area contributed by atoms with Gasteiger partial charge in [0.1, 0.15) is 5.54 Å². The molecule has 90 valence electrons. The highest BCUT2D eigenvalue weighted by Gasteiger charge is 2.36. The quantitative estimate of drug-likeness (QED) is 0.780. The Kier molecular flexibility index (Phi) is 2.75. The van der Waals surface area contributed by atoms with Crippen LogP contribution in [0.15, 0.2) is 4.52 Å². The molecule has 1 aliphatic rings. The Bertz CT molecular complexity index is 362. The van der Waals surface area contributed by atoms with Crippen LogP contribution in [0.3, 0.4) is 0 Å². The normalized spacial score (nSPS) is 27.0. The Morgan fingerprint density at radius 2 is 2.12 bits per heavy atom. The van der Waals surface area contributed by atoms with Gasteiger partial charge in [-0.05, 0) is 12.8 Å². The molecule has 0 saturated carbocycles. The van der Waals surface area contributed by atoms with Crippen molar-refractivity contribution in [1.29, 1.82) is 0 Å². The number of ether oxygens (including phenoxy) is 1. The average molecular weight is 225 g/mol. The Morgan fingerprint density at radius 3 is 2.62 bits per heavy atom. The van der Waals surface area contributed by atoms with Gasteiger partial charge in [-0.15, -0.1) is 0 Å². The van der Waals surface area contributed by atoms with Crippen LogP contribution in [0, 0.1) is 0 Å². The van der Waals surface area contributed by atoms with Crippen molar-refractivity contribution >= 4 is 0 Å². The first-order valence-corrected chi connectivity index (χ1v) is 5.63. The van der Waals surface area contributed by atoms with Crippen LogP contribution in [-0.4, -0.2) is 23.4 Å². The maximum absolute atomic E-state index is 6.23. The van der Waals surface area contributed by atoms with Gasteiger partial charge in [0, 0.05) is 12.0 Å². The van der Waals surface area contributed by atoms with E-state index in [9.17, 15) is 0 Å². The van der Waals surface area contributed by atoms with Gasteiger partial charge in [-0.3, -0.25) is 0 Å². The minimum absolute atomic E-state index is 0.142. The summed E-state index contributed by atoms with van der Waals surface area (Å²) in [5, 5.41) is 3.99. The maximum Gasteiger partial charge on any atom is 0.232 e. The summed E-state index contributed by atoms with van der Waals surface area (Å²) >= 11 is 0. The number of rotatable bonds is 1. The Balaban J connectivity index is 2.24. The van der Waals surface area contributed by atoms with E-state index in [1.165, 1.54) is 0 Å². The highest BCUT2D eigenvalue weighted by atomic mass is 16.5. The molecule has 0 aromatic carbocycles. The van der Waals surface area contributed by atoms with Gasteiger partial charge >= 0.3 is 0 Å². The van der Waals surface area contributed by atoms with E-state index < -0.39 is 5.54 Å². The van der Waals surface area contributed by atoms with Crippen molar-refractivity contribution in [2.45, 2.75) is 44.6 Å². The molecular weight excluding hydrogens is 206 g/mol. The second-order valence-electron chi connectivity index (χ2n) is 5.49. The van der Waals surface area contributed by atoms with E-state index in [-0.39, 0.29) is 5.41 Å². The van der Waals surface area contributed by atoms with Crippen LogP contribution in [0.25, 0.3) is 0 Å². The number of nitrogens with two attached hydrogens (primary N) is 1. The zero-order valence-electron chi connectivity index (χ0n) is 10.1. The van der Waals surface area contributed by atoms with Crippen LogP contribution >= 0.6 is 0 Å². The van der Waals surface area contributed by atoms with E-state index in [4.69, 9.17) is 15.0 Å². The van der Waals surface area contributed by atoms with Crippen LogP contribution in [-0.2, 0) is 15.7 Å². The molecule has 2 heterocycles. The van der Waals surface area contributed by atoms with E-state index in [2.05, 4.69) is 10.1 Å². The molecule has 5 heteroatoms. The lowest BCUT2D eigenvalue weighted by Gasteiger charge is -2.29. The number of aromatic nitrogens is 2. The third kappa shape index (κ3) is 2.10. The summed E-state index contributed by atoms with van der Waals surface area (Å²) in [6.45, 7) is 7.33. The SMILES string of the molecule is CC(C)(C)c1nc(C2(N)CCCOC2)no1. The Labute approximate surface area is 95.3 Å². The summed E-state index contributed by atoms with van der Waals surface area (Å²) in [6.07, 6.45) is 1.78. The molecule has 0 aliphatic carbocycles. The van der Waals surface area contributed by atoms with E-state index in [1.54, 1.807) is 0 Å². The molecule has 0 bridgehead atoms. The second-order valence-corrected chi connectivity index (χ2v) is 5.49. The standard InChI is InChI=1S/C11H19N3O2/c1-10(2,3)9-13-8(14-16-9)11(12)5-4-6-15-7-11/h4-7,12H2,1-3H3. The van der Waals surface area contributed by atoms with Crippen molar-refractivity contribution in [1.82, 2.24) is 10.1 Å². The van der Waals surface area contributed by atoms with Crippen molar-refractivity contribution in [3.05, 3.63) is 11.7 Å². The van der Waals surface area contributed by atoms with Gasteiger partial charge in [0.25, 0.3) is 0 Å². The highest BCUT2D eigenvalue weighted by Crippen LogP contribution is 2.28. The smallest absolute Gasteiger partial charge is 0.232 e. The average Bonchev–Trinajstić information content (AvgIpc) is 2.67. The van der Waals surface area contributed by atoms with Gasteiger partial charge in [0.05, 0.1) is 6.61 Å². The van der Waals surface area contributed by atoms with Gasteiger partial charge in [0.15, 0.2) is 5.82 Å². The lowest BCUT2D eigenvalue weighted by molar-refractivity contribution is 0.0320. The van der Waals surface area contributed by atoms with Crippen LogP contribution < -0.4 is 5.73 Å². The van der Waals surface area contributed by atoms with E-state index in [0.29, 0.717) is 18.3 Å². The lowest BCUT2D eigenvalue weighted by Crippen LogP contribution is -2.45. The van der Waals surface area contributed by atoms with Crippen molar-refractivity contribution < 1.29 is 9.26 Å². The van der Waals surface area contributed by atoms with Crippen LogP contribution in [0.5, 0.6) is 0 Å². The molecule has 0 amide bonds. The first-order valence-electron chi connectivity index (χ1n) is 5.63. The van der Waals surface area contributed by atoms with Crippen LogP contribution in [0.4, 0.5) is 0 Å². The number of nitrogens with zero attached hydrogens (tertiary/aromatic N) is 2. The Morgan fingerprint density at radius 1 is 1.38 bits per heavy atom. The summed E-state index contributed by atoms with van der Waals surface area (Å²) in [7, 11) is 0. The summed E-state index contributed by atoms with van der Waals surface area (Å²) in [5.41, 5.74) is 5.51. The van der Waals surface area contributed by atoms with Crippen LogP contribution in [0.1, 0.15) is 45.3 Å². The first kappa shape index (κ1) is 11.5. The van der Waals surface area contributed by atoms with Crippen molar-refractivity contribution in [3.8, 4) is 0 Å². The highest BCUT2D eigenvalue weighted by molar-refractivity contribution is 5.08. The third-order valence-corrected chi connectivity index (χ3v) is 2.78. The predicted molar refractivity (Wildman–Crippen MR) is 58.9 cm³/mol. The van der Waals surface area contributed by atoms with Gasteiger partial charge in [0.2, 0.25) is 5.89 Å². The molecule has 1 atom stereocenters. The van der Waals surface area contributed by atoms with Crippen LogP contribution in [0.2, 0.25) is 0 Å². The minimum atomic E-state index is -0.578. The van der Waals surface area contributed by atoms with Crippen molar-refractivity contribution in [2.24, 2.45) is 5.73 Å². The van der Waals surface area contributed by atoms with E-state index >= 15 is 0 Å². The maximum atomic E-state index is 6.23. The van der Waals surface area contributed by atoms with Crippen molar-refractivity contribution in [3.63, 3.8) is 0 Å². The number of hydrogen-bond acceptors (Lipinski definition) is 5. The molecular formula is C11H19N3O2. The number of hydrogen-bond donors (Lipinski definition) is 1. The van der Waals surface area contributed by atoms with Gasteiger partial charge in [-0.2, -0.15) is 4.98 Å². The molecule has 1 fully saturated rings. The molecule has 0 spiro atoms. The topological polar surface area (TPSA) is 74.2 Å². The monoisotopic (exact) mass is 225 g/mol. The summed E-state index contributed by atoms with van der Waals surface area (Å²) in [6, 6.07) is 0. The predicted octanol–water partition coefficient (Wildman–Crippen LogP) is 1.33. The summed E-state index contributed by atoms with van der Waals surface area (Å²) < 4.78 is 10.6. The minimum Gasteiger partial charge on any atom is -0.379 e. The molecule has 0 radical (unpaired) electrons. The van der Waals surface area contributed by atoms with Gasteiger partial charge in [-0.1, -0.05) is 25.9 Å². The fourth-order valence-corrected chi connectivity index (χ4v) is 1.72. The zero-order chi connectivity index (χ0) is 11.8. The molecule has 1 saturated heterocycles. The van der Waals surface area contributed by atoms with E-state index in [1.807, 2.05) is 20.8 Å². The fraction of sp³-hybridized carbons (Fsp3) is 0.818. The summed E-state index contributed by atoms with van der Waals surface area (Å²) in [4.78, 5) is 4.39. The molecule has 1 unspecified atom stereocenters. The fourth-order valence-electron chi connectivity index (χ4n) is 1.72. The Hall–Kier alpha value is -0.940. The van der Waals surface area contributed by atoms with Gasteiger partial charge in [-0.25, -0.2) is 0 Å². The molecule has 1 aliphatic heterocycles. The second kappa shape index (κ2) is 3.82. The molecule has 1 aromatic rings. The molecule has 2 N–H and O–H groups in total. The molecule has 16 heavy (non-hydrogen) atoms. The molecule has 5 nitrogen and oxygen atoms in total. The largest absolute Gasteiger partial charge is 0.379 e. The van der Waals surface area contributed by atoms with Gasteiger partial charge < -0.3 is 15.0 Å². The first-order chi connectivity index (χ1) is 7.42. The lowest BCUT2D eigenvalue weighted by atomic mass is 9.92. The summed E-state index contributed by atoms with van der Waals surface area (Å²) in [5.74, 6) is 1.19. The third-order valence-electron chi connectivity index (χ3n) is 2.78. The molecule has 1 aromatic heterocycles. The van der Waals surface area contributed by atoms with E-state index in [0.717, 1.165) is 19.4 Å². The van der Waals surface area contributed by atoms with Crippen molar-refractivity contribution in [2.75, 3.05) is 13.2 Å².